The van der Waals surface area contributed by atoms with Gasteiger partial charge in [-0.3, -0.25) is 0 Å². The van der Waals surface area contributed by atoms with Gasteiger partial charge in [-0.1, -0.05) is 0 Å². The van der Waals surface area contributed by atoms with Crippen LogP contribution in [-0.2, 0) is 25.2 Å². The summed E-state index contributed by atoms with van der Waals surface area (Å²) >= 11 is 1.11. The molecule has 16 heavy (non-hydrogen) atoms. The zero-order chi connectivity index (χ0) is 10.7. The van der Waals surface area contributed by atoms with E-state index in [-0.39, 0.29) is 24.8 Å². The van der Waals surface area contributed by atoms with E-state index in [0.29, 0.717) is 11.8 Å². The second-order valence-corrected chi connectivity index (χ2v) is 4.68. The van der Waals surface area contributed by atoms with Crippen LogP contribution in [0.4, 0.5) is 0 Å². The molecule has 0 heterocycles. The first-order valence-corrected chi connectivity index (χ1v) is 6.04. The second-order valence-electron chi connectivity index (χ2n) is 4.18. The van der Waals surface area contributed by atoms with Crippen molar-refractivity contribution >= 4 is 0 Å². The van der Waals surface area contributed by atoms with Gasteiger partial charge in [-0.15, -0.1) is 0 Å². The Morgan fingerprint density at radius 3 is 1.56 bits per heavy atom. The summed E-state index contributed by atoms with van der Waals surface area (Å²) < 4.78 is 5.59. The smallest absolute Gasteiger partial charge is 1.00 e. The third kappa shape index (κ3) is 4.39. The van der Waals surface area contributed by atoms with Crippen LogP contribution >= 0.6 is 0 Å². The average molecular weight is 339 g/mol. The van der Waals surface area contributed by atoms with Gasteiger partial charge in [-0.2, -0.15) is 0 Å². The third-order valence-corrected chi connectivity index (χ3v) is 2.92. The molecule has 89 valence electrons. The second kappa shape index (κ2) is 8.56. The van der Waals surface area contributed by atoms with Gasteiger partial charge in [0, 0.05) is 0 Å². The number of hydrogen-bond donors (Lipinski definition) is 0. The van der Waals surface area contributed by atoms with Gasteiger partial charge < -0.3 is 24.8 Å². The maximum atomic E-state index is 5.59. The van der Waals surface area contributed by atoms with E-state index in [1.54, 1.807) is 0 Å². The van der Waals surface area contributed by atoms with E-state index >= 15 is 0 Å². The van der Waals surface area contributed by atoms with Crippen molar-refractivity contribution in [3.8, 4) is 5.75 Å². The van der Waals surface area contributed by atoms with Crippen molar-refractivity contribution in [1.29, 1.82) is 0 Å². The zero-order valence-electron chi connectivity index (χ0n) is 10.1. The minimum Gasteiger partial charge on any atom is -1.00 e. The van der Waals surface area contributed by atoms with Crippen LogP contribution in [0.2, 0.25) is 0 Å². The fourth-order valence-corrected chi connectivity index (χ4v) is 2.18. The van der Waals surface area contributed by atoms with Crippen molar-refractivity contribution in [3.05, 3.63) is 29.3 Å². The van der Waals surface area contributed by atoms with Crippen LogP contribution in [0.1, 0.15) is 50.7 Å². The van der Waals surface area contributed by atoms with Crippen molar-refractivity contribution in [1.82, 2.24) is 0 Å². The molecule has 0 bridgehead atoms. The third-order valence-electron chi connectivity index (χ3n) is 2.42. The summed E-state index contributed by atoms with van der Waals surface area (Å²) in [7, 11) is 0. The standard InChI is InChI=1S/C12H18O.2ClH.Zr/c1-8(2)10-6-5-7-11(9(3)4)12(10)13;;;/h5-9,13H,1-4H3;2*1H;/q;;;+3/p-3. The summed E-state index contributed by atoms with van der Waals surface area (Å²) in [5.41, 5.74) is 2.65. The molecular formula is C12H17Cl2OZr. The molecule has 0 unspecified atom stereocenters. The fourth-order valence-electron chi connectivity index (χ4n) is 1.60. The van der Waals surface area contributed by atoms with E-state index in [4.69, 9.17) is 2.81 Å². The largest absolute Gasteiger partial charge is 1.00 e. The molecule has 0 aliphatic carbocycles. The average Bonchev–Trinajstić information content (AvgIpc) is 2.16. The van der Waals surface area contributed by atoms with E-state index in [1.165, 1.54) is 11.1 Å². The molecule has 1 aromatic carbocycles. The Balaban J connectivity index is 0. The molecule has 1 aromatic rings. The molecular weight excluding hydrogens is 322 g/mol. The molecule has 0 radical (unpaired) electrons. The number of halogens is 2. The molecule has 1 nitrogen and oxygen atoms in total. The van der Waals surface area contributed by atoms with E-state index in [0.717, 1.165) is 30.9 Å². The van der Waals surface area contributed by atoms with Crippen molar-refractivity contribution in [2.75, 3.05) is 0 Å². The zero-order valence-corrected chi connectivity index (χ0v) is 14.0. The van der Waals surface area contributed by atoms with Gasteiger partial charge in [0.2, 0.25) is 0 Å². The summed E-state index contributed by atoms with van der Waals surface area (Å²) in [5.74, 6) is 2.17. The van der Waals surface area contributed by atoms with Crippen LogP contribution in [0.25, 0.3) is 0 Å². The number of para-hydroxylation sites is 1. The van der Waals surface area contributed by atoms with Gasteiger partial charge in [0.1, 0.15) is 0 Å². The van der Waals surface area contributed by atoms with Crippen LogP contribution in [0.5, 0.6) is 5.75 Å². The minimum atomic E-state index is 0. The van der Waals surface area contributed by atoms with Gasteiger partial charge >= 0.3 is 103 Å². The maximum absolute atomic E-state index is 5.59. The number of hydrogen-bond acceptors (Lipinski definition) is 1. The molecule has 0 aliphatic rings. The molecule has 0 spiro atoms. The van der Waals surface area contributed by atoms with Crippen LogP contribution in [0, 0.1) is 0 Å². The van der Waals surface area contributed by atoms with Crippen LogP contribution < -0.4 is 27.6 Å². The van der Waals surface area contributed by atoms with Gasteiger partial charge in [-0.05, 0) is 0 Å². The molecule has 0 saturated carbocycles. The van der Waals surface area contributed by atoms with E-state index in [1.807, 2.05) is 0 Å². The summed E-state index contributed by atoms with van der Waals surface area (Å²) in [5, 5.41) is 0. The van der Waals surface area contributed by atoms with Gasteiger partial charge in [0.05, 0.1) is 0 Å². The van der Waals surface area contributed by atoms with E-state index in [2.05, 4.69) is 45.9 Å². The predicted octanol–water partition coefficient (Wildman–Crippen LogP) is -2.22. The summed E-state index contributed by atoms with van der Waals surface area (Å²) in [6.45, 7) is 8.83. The number of benzene rings is 1. The van der Waals surface area contributed by atoms with Crippen LogP contribution in [0.15, 0.2) is 18.2 Å². The SMILES string of the molecule is CC(C)c1cccc(C(C)C)c1[O][Zr+2].[Cl-].[Cl-]. The molecule has 0 aromatic heterocycles. The summed E-state index contributed by atoms with van der Waals surface area (Å²) in [4.78, 5) is 0. The Labute approximate surface area is 127 Å². The molecule has 0 fully saturated rings. The molecule has 0 saturated heterocycles. The Morgan fingerprint density at radius 1 is 0.938 bits per heavy atom. The molecule has 4 heteroatoms. The first-order chi connectivity index (χ1) is 6.57. The molecule has 0 amide bonds. The van der Waals surface area contributed by atoms with E-state index in [9.17, 15) is 0 Å². The molecule has 0 atom stereocenters. The minimum absolute atomic E-state index is 0. The topological polar surface area (TPSA) is 9.23 Å². The molecule has 0 N–H and O–H groups in total. The first-order valence-electron chi connectivity index (χ1n) is 5.04. The van der Waals surface area contributed by atoms with Gasteiger partial charge in [0.15, 0.2) is 0 Å². The monoisotopic (exact) mass is 337 g/mol. The van der Waals surface area contributed by atoms with Crippen LogP contribution in [0.3, 0.4) is 0 Å². The Kier molecular flexibility index (Phi) is 10.1. The Bertz CT molecular complexity index is 288. The predicted molar refractivity (Wildman–Crippen MR) is 55.2 cm³/mol. The fraction of sp³-hybridized carbons (Fsp3) is 0.500. The van der Waals surface area contributed by atoms with Gasteiger partial charge in [0.25, 0.3) is 0 Å². The first kappa shape index (κ1) is 18.8. The quantitative estimate of drug-likeness (QED) is 0.607. The normalized spacial score (nSPS) is 9.75. The maximum Gasteiger partial charge on any atom is -1.00 e. The summed E-state index contributed by atoms with van der Waals surface area (Å²) in [6, 6.07) is 6.45. The molecule has 1 rings (SSSR count). The number of rotatable bonds is 3. The van der Waals surface area contributed by atoms with Crippen molar-refractivity contribution in [3.63, 3.8) is 0 Å². The van der Waals surface area contributed by atoms with Gasteiger partial charge in [-0.25, -0.2) is 0 Å². The van der Waals surface area contributed by atoms with Crippen molar-refractivity contribution < 1.29 is 52.8 Å². The Morgan fingerprint density at radius 2 is 1.31 bits per heavy atom. The summed E-state index contributed by atoms with van der Waals surface area (Å²) in [6.07, 6.45) is 0. The van der Waals surface area contributed by atoms with Crippen molar-refractivity contribution in [2.24, 2.45) is 0 Å². The Hall–Kier alpha value is 0.483. The van der Waals surface area contributed by atoms with E-state index < -0.39 is 0 Å². The molecule has 0 aliphatic heterocycles. The van der Waals surface area contributed by atoms with Crippen molar-refractivity contribution in [2.45, 2.75) is 39.5 Å². The van der Waals surface area contributed by atoms with Crippen LogP contribution in [-0.4, -0.2) is 0 Å².